The van der Waals surface area contributed by atoms with Crippen LogP contribution in [0.2, 0.25) is 0 Å². The molecule has 0 radical (unpaired) electrons. The van der Waals surface area contributed by atoms with Gasteiger partial charge in [0.05, 0.1) is 17.1 Å². The molecule has 228 valence electrons. The van der Waals surface area contributed by atoms with E-state index < -0.39 is 6.36 Å². The van der Waals surface area contributed by atoms with Crippen molar-refractivity contribution >= 4 is 45.7 Å². The van der Waals surface area contributed by atoms with Crippen molar-refractivity contribution in [1.82, 2.24) is 14.8 Å². The number of halogens is 3. The molecule has 0 N–H and O–H groups in total. The van der Waals surface area contributed by atoms with Gasteiger partial charge in [0.1, 0.15) is 17.1 Å². The molecule has 0 aliphatic carbocycles. The van der Waals surface area contributed by atoms with E-state index in [1.165, 1.54) is 47.0 Å². The number of rotatable bonds is 11. The van der Waals surface area contributed by atoms with Gasteiger partial charge in [0.2, 0.25) is 5.91 Å². The molecule has 1 aliphatic heterocycles. The second kappa shape index (κ2) is 14.2. The fourth-order valence-electron chi connectivity index (χ4n) is 4.84. The van der Waals surface area contributed by atoms with Crippen molar-refractivity contribution in [2.45, 2.75) is 51.8 Å². The molecule has 0 spiro atoms. The quantitative estimate of drug-likeness (QED) is 0.123. The number of amides is 1. The van der Waals surface area contributed by atoms with Crippen LogP contribution in [0.1, 0.15) is 43.7 Å². The zero-order valence-corrected chi connectivity index (χ0v) is 25.6. The van der Waals surface area contributed by atoms with Crippen molar-refractivity contribution in [3.05, 3.63) is 90.3 Å². The lowest BCUT2D eigenvalue weighted by molar-refractivity contribution is -0.274. The molecule has 4 aromatic rings. The van der Waals surface area contributed by atoms with Gasteiger partial charge in [-0.3, -0.25) is 9.69 Å². The van der Waals surface area contributed by atoms with Crippen LogP contribution in [0, 0.1) is 0 Å². The largest absolute Gasteiger partial charge is 0.573 e. The maximum absolute atomic E-state index is 12.6. The van der Waals surface area contributed by atoms with Crippen LogP contribution in [0.25, 0.3) is 17.1 Å². The molecule has 12 heteroatoms. The molecule has 1 aliphatic rings. The van der Waals surface area contributed by atoms with E-state index in [1.807, 2.05) is 42.5 Å². The number of alkyl halides is 3. The summed E-state index contributed by atoms with van der Waals surface area (Å²) in [6.45, 7) is 2.07. The highest BCUT2D eigenvalue weighted by Gasteiger charge is 2.32. The van der Waals surface area contributed by atoms with Crippen LogP contribution in [-0.2, 0) is 17.6 Å². The molecule has 44 heavy (non-hydrogen) atoms. The van der Waals surface area contributed by atoms with Gasteiger partial charge < -0.3 is 4.74 Å². The van der Waals surface area contributed by atoms with E-state index in [4.69, 9.17) is 12.2 Å². The van der Waals surface area contributed by atoms with E-state index in [0.29, 0.717) is 33.8 Å². The minimum atomic E-state index is -4.74. The van der Waals surface area contributed by atoms with Gasteiger partial charge in [0.25, 0.3) is 0 Å². The molecule has 0 saturated carbocycles. The summed E-state index contributed by atoms with van der Waals surface area (Å²) in [4.78, 5) is 24.0. The topological polar surface area (TPSA) is 72.6 Å². The summed E-state index contributed by atoms with van der Waals surface area (Å²) in [5.41, 5.74) is 4.55. The van der Waals surface area contributed by atoms with E-state index in [1.54, 1.807) is 4.90 Å². The van der Waals surface area contributed by atoms with Gasteiger partial charge >= 0.3 is 6.36 Å². The second-order valence-electron chi connectivity index (χ2n) is 10.1. The third-order valence-corrected chi connectivity index (χ3v) is 8.19. The van der Waals surface area contributed by atoms with Crippen molar-refractivity contribution in [3.63, 3.8) is 0 Å². The number of hydrogen-bond donors (Lipinski definition) is 0. The van der Waals surface area contributed by atoms with Gasteiger partial charge in [-0.25, -0.2) is 14.7 Å². The molecule has 0 atom stereocenters. The van der Waals surface area contributed by atoms with Gasteiger partial charge in [-0.15, -0.1) is 18.3 Å². The Kier molecular flexibility index (Phi) is 10.1. The summed E-state index contributed by atoms with van der Waals surface area (Å²) >= 11 is 6.99. The number of hydrogen-bond acceptors (Lipinski definition) is 6. The Labute approximate surface area is 263 Å². The highest BCUT2D eigenvalue weighted by atomic mass is 32.2. The van der Waals surface area contributed by atoms with Gasteiger partial charge in [-0.1, -0.05) is 73.7 Å². The molecule has 1 fully saturated rings. The fourth-order valence-corrected chi connectivity index (χ4v) is 6.01. The number of ether oxygens (including phenoxy) is 1. The lowest BCUT2D eigenvalue weighted by atomic mass is 10.0. The Morgan fingerprint density at radius 3 is 2.61 bits per heavy atom. The molecule has 2 heterocycles. The molecule has 1 saturated heterocycles. The number of para-hydroxylation sites is 1. The number of unbranched alkanes of at least 4 members (excludes halogenated alkanes) is 2. The molecule has 0 bridgehead atoms. The summed E-state index contributed by atoms with van der Waals surface area (Å²) in [6.07, 6.45) is 2.02. The number of thioether (sulfide) groups is 1. The third-order valence-electron chi connectivity index (χ3n) is 6.97. The van der Waals surface area contributed by atoms with Crippen molar-refractivity contribution in [2.75, 3.05) is 10.7 Å². The van der Waals surface area contributed by atoms with Gasteiger partial charge in [-0.2, -0.15) is 0 Å². The Bertz CT molecular complexity index is 1650. The smallest absolute Gasteiger partial charge is 0.406 e. The fraction of sp³-hybridized carbons (Fsp3) is 0.281. The minimum Gasteiger partial charge on any atom is -0.406 e. The first kappa shape index (κ1) is 31.4. The number of carbonyl (C=O) groups excluding carboxylic acids is 1. The first-order chi connectivity index (χ1) is 21.2. The lowest BCUT2D eigenvalue weighted by Crippen LogP contribution is -2.30. The van der Waals surface area contributed by atoms with Crippen molar-refractivity contribution < 1.29 is 22.7 Å². The molecular formula is C32H30F3N5O2S2. The number of benzene rings is 3. The molecule has 7 nitrogen and oxygen atoms in total. The first-order valence-corrected chi connectivity index (χ1v) is 15.6. The monoisotopic (exact) mass is 637 g/mol. The maximum Gasteiger partial charge on any atom is 0.573 e. The second-order valence-corrected chi connectivity index (χ2v) is 11.5. The van der Waals surface area contributed by atoms with E-state index in [-0.39, 0.29) is 11.7 Å². The van der Waals surface area contributed by atoms with Crippen LogP contribution in [-0.4, -0.2) is 42.9 Å². The maximum atomic E-state index is 12.6. The standard InChI is InChI=1S/C32H30F3N5O2S2/c1-2-23-11-6-7-13-27(23)40-29(41)20-44-31(40)37-28(43)14-5-3-4-9-22-10-8-12-24(19-22)30-36-21-39(38-30)25-15-17-26(18-16-25)42-32(33,34)35/h6-8,10-13,15-19,21H,2-5,9,14,20H2,1H3. The first-order valence-electron chi connectivity index (χ1n) is 14.2. The molecule has 1 aromatic heterocycles. The summed E-state index contributed by atoms with van der Waals surface area (Å²) in [5.74, 6) is 0.609. The van der Waals surface area contributed by atoms with Crippen molar-refractivity contribution in [3.8, 4) is 22.8 Å². The number of thiocarbonyl (C=S) groups is 1. The van der Waals surface area contributed by atoms with Crippen LogP contribution >= 0.6 is 24.0 Å². The Hall–Kier alpha value is -4.03. The predicted octanol–water partition coefficient (Wildman–Crippen LogP) is 7.96. The van der Waals surface area contributed by atoms with Gasteiger partial charge in [0.15, 0.2) is 11.0 Å². The Morgan fingerprint density at radius 2 is 1.84 bits per heavy atom. The van der Waals surface area contributed by atoms with Gasteiger partial charge in [-0.05, 0) is 73.2 Å². The van der Waals surface area contributed by atoms with Crippen molar-refractivity contribution in [1.29, 1.82) is 0 Å². The van der Waals surface area contributed by atoms with Crippen LogP contribution < -0.4 is 9.64 Å². The summed E-state index contributed by atoms with van der Waals surface area (Å²) in [7, 11) is 0. The SMILES string of the molecule is CCc1ccccc1N1C(=O)CSC1=NC(=S)CCCCCc1cccc(-c2ncn(-c3ccc(OC(F)(F)F)cc3)n2)c1. The van der Waals surface area contributed by atoms with E-state index in [9.17, 15) is 18.0 Å². The molecule has 1 amide bonds. The highest BCUT2D eigenvalue weighted by molar-refractivity contribution is 8.15. The van der Waals surface area contributed by atoms with Crippen molar-refractivity contribution in [2.24, 2.45) is 4.99 Å². The Morgan fingerprint density at radius 1 is 1.05 bits per heavy atom. The van der Waals surface area contributed by atoms with E-state index in [0.717, 1.165) is 54.5 Å². The van der Waals surface area contributed by atoms with Gasteiger partial charge in [0, 0.05) is 12.0 Å². The number of amidine groups is 1. The van der Waals surface area contributed by atoms with Crippen LogP contribution in [0.3, 0.4) is 0 Å². The van der Waals surface area contributed by atoms with Crippen LogP contribution in [0.15, 0.2) is 84.1 Å². The zero-order chi connectivity index (χ0) is 31.1. The average Bonchev–Trinajstić information content (AvgIpc) is 3.64. The third kappa shape index (κ3) is 8.11. The molecule has 0 unspecified atom stereocenters. The average molecular weight is 638 g/mol. The predicted molar refractivity (Wildman–Crippen MR) is 171 cm³/mol. The highest BCUT2D eigenvalue weighted by Crippen LogP contribution is 2.30. The summed E-state index contributed by atoms with van der Waals surface area (Å²) in [6, 6.07) is 21.3. The number of aryl methyl sites for hydroxylation is 2. The number of aromatic nitrogens is 3. The number of nitrogens with zero attached hydrogens (tertiary/aromatic N) is 5. The zero-order valence-electron chi connectivity index (χ0n) is 24.0. The van der Waals surface area contributed by atoms with Crippen LogP contribution in [0.5, 0.6) is 5.75 Å². The van der Waals surface area contributed by atoms with Crippen LogP contribution in [0.4, 0.5) is 18.9 Å². The molecule has 5 rings (SSSR count). The summed E-state index contributed by atoms with van der Waals surface area (Å²) in [5, 5.41) is 5.15. The number of carbonyl (C=O) groups is 1. The number of aliphatic imine (C=N–C) groups is 1. The normalized spacial score (nSPS) is 14.4. The lowest BCUT2D eigenvalue weighted by Gasteiger charge is -2.19. The van der Waals surface area contributed by atoms with E-state index in [2.05, 4.69) is 32.8 Å². The number of anilines is 1. The molecular weight excluding hydrogens is 608 g/mol. The minimum absolute atomic E-state index is 0.0234. The summed E-state index contributed by atoms with van der Waals surface area (Å²) < 4.78 is 42.7. The molecule has 3 aromatic carbocycles. The van der Waals surface area contributed by atoms with E-state index >= 15 is 0 Å². The Balaban J connectivity index is 1.11.